The van der Waals surface area contributed by atoms with Crippen LogP contribution in [0.5, 0.6) is 0 Å². The molecule has 2 aromatic heterocycles. The number of hydrogen-bond donors (Lipinski definition) is 1. The second kappa shape index (κ2) is 5.90. The average molecular weight is 289 g/mol. The second-order valence-corrected chi connectivity index (χ2v) is 5.20. The van der Waals surface area contributed by atoms with E-state index in [0.29, 0.717) is 11.5 Å². The lowest BCUT2D eigenvalue weighted by molar-refractivity contribution is -0.384. The van der Waals surface area contributed by atoms with Gasteiger partial charge in [-0.1, -0.05) is 6.07 Å². The Kier molecular flexibility index (Phi) is 4.21. The Balaban J connectivity index is 2.40. The van der Waals surface area contributed by atoms with Crippen LogP contribution in [0.25, 0.3) is 0 Å². The van der Waals surface area contributed by atoms with Crippen molar-refractivity contribution in [1.29, 1.82) is 0 Å². The highest BCUT2D eigenvalue weighted by atomic mass is 16.6. The van der Waals surface area contributed by atoms with Gasteiger partial charge in [0.2, 0.25) is 5.82 Å². The molecule has 7 heteroatoms. The van der Waals surface area contributed by atoms with Crippen LogP contribution in [-0.4, -0.2) is 19.7 Å². The number of nitro groups is 1. The molecule has 0 bridgehead atoms. The third-order valence-electron chi connectivity index (χ3n) is 3.21. The highest BCUT2D eigenvalue weighted by Crippen LogP contribution is 2.32. The van der Waals surface area contributed by atoms with Gasteiger partial charge in [-0.15, -0.1) is 0 Å². The molecule has 0 saturated heterocycles. The van der Waals surface area contributed by atoms with Gasteiger partial charge in [0.05, 0.1) is 16.7 Å². The standard InChI is InChI=1S/C14H19N5O2/c1-9(2)18-14(13(19(20)21)11(4)17-18)16-10(3)12-7-5-6-8-15-12/h5-10,16H,1-4H3. The first-order chi connectivity index (χ1) is 9.91. The van der Waals surface area contributed by atoms with E-state index in [1.807, 2.05) is 39.0 Å². The van der Waals surface area contributed by atoms with Gasteiger partial charge in [-0.05, 0) is 39.8 Å². The van der Waals surface area contributed by atoms with E-state index in [-0.39, 0.29) is 17.8 Å². The normalized spacial score (nSPS) is 12.4. The van der Waals surface area contributed by atoms with Crippen molar-refractivity contribution in [3.8, 4) is 0 Å². The third kappa shape index (κ3) is 3.01. The molecule has 0 aliphatic rings. The predicted molar refractivity (Wildman–Crippen MR) is 80.3 cm³/mol. The van der Waals surface area contributed by atoms with Crippen molar-refractivity contribution in [2.75, 3.05) is 5.32 Å². The molecule has 2 rings (SSSR count). The molecule has 0 aromatic carbocycles. The molecule has 21 heavy (non-hydrogen) atoms. The molecule has 1 unspecified atom stereocenters. The maximum absolute atomic E-state index is 11.3. The molecule has 0 saturated carbocycles. The molecular weight excluding hydrogens is 270 g/mol. The molecule has 0 aliphatic carbocycles. The number of rotatable bonds is 5. The van der Waals surface area contributed by atoms with Crippen LogP contribution in [0.1, 0.15) is 44.2 Å². The zero-order chi connectivity index (χ0) is 15.6. The van der Waals surface area contributed by atoms with Gasteiger partial charge in [-0.25, -0.2) is 4.68 Å². The number of hydrogen-bond acceptors (Lipinski definition) is 5. The van der Waals surface area contributed by atoms with E-state index in [1.54, 1.807) is 17.8 Å². The van der Waals surface area contributed by atoms with Crippen LogP contribution < -0.4 is 5.32 Å². The minimum absolute atomic E-state index is 0.0199. The summed E-state index contributed by atoms with van der Waals surface area (Å²) in [5.41, 5.74) is 1.25. The number of nitrogens with zero attached hydrogens (tertiary/aromatic N) is 4. The van der Waals surface area contributed by atoms with Gasteiger partial charge in [0, 0.05) is 12.2 Å². The Labute approximate surface area is 123 Å². The van der Waals surface area contributed by atoms with Gasteiger partial charge < -0.3 is 5.32 Å². The fourth-order valence-electron chi connectivity index (χ4n) is 2.18. The lowest BCUT2D eigenvalue weighted by atomic mass is 10.2. The van der Waals surface area contributed by atoms with Crippen LogP contribution in [0.4, 0.5) is 11.5 Å². The molecule has 2 heterocycles. The molecule has 112 valence electrons. The largest absolute Gasteiger partial charge is 0.356 e. The van der Waals surface area contributed by atoms with E-state index in [1.165, 1.54) is 0 Å². The third-order valence-corrected chi connectivity index (χ3v) is 3.21. The van der Waals surface area contributed by atoms with Crippen molar-refractivity contribution in [2.24, 2.45) is 0 Å². The van der Waals surface area contributed by atoms with Gasteiger partial charge in [-0.3, -0.25) is 15.1 Å². The van der Waals surface area contributed by atoms with Crippen LogP contribution in [0, 0.1) is 17.0 Å². The number of aromatic nitrogens is 3. The lowest BCUT2D eigenvalue weighted by Crippen LogP contribution is -2.15. The van der Waals surface area contributed by atoms with Gasteiger partial charge in [-0.2, -0.15) is 5.10 Å². The minimum atomic E-state index is -0.394. The fourth-order valence-corrected chi connectivity index (χ4v) is 2.18. The Morgan fingerprint density at radius 3 is 2.57 bits per heavy atom. The first kappa shape index (κ1) is 15.0. The number of pyridine rings is 1. The zero-order valence-electron chi connectivity index (χ0n) is 12.6. The number of nitrogens with one attached hydrogen (secondary N) is 1. The summed E-state index contributed by atoms with van der Waals surface area (Å²) in [6.45, 7) is 7.44. The Bertz CT molecular complexity index is 636. The SMILES string of the molecule is Cc1nn(C(C)C)c(NC(C)c2ccccn2)c1[N+](=O)[O-]. The highest BCUT2D eigenvalue weighted by molar-refractivity contribution is 5.60. The first-order valence-electron chi connectivity index (χ1n) is 6.82. The molecule has 0 fully saturated rings. The second-order valence-electron chi connectivity index (χ2n) is 5.20. The Hall–Kier alpha value is -2.44. The van der Waals surface area contributed by atoms with Crippen molar-refractivity contribution in [3.63, 3.8) is 0 Å². The summed E-state index contributed by atoms with van der Waals surface area (Å²) >= 11 is 0. The van der Waals surface area contributed by atoms with Gasteiger partial charge in [0.1, 0.15) is 5.69 Å². The van der Waals surface area contributed by atoms with Gasteiger partial charge in [0.25, 0.3) is 0 Å². The smallest absolute Gasteiger partial charge is 0.333 e. The predicted octanol–water partition coefficient (Wildman–Crippen LogP) is 3.25. The summed E-state index contributed by atoms with van der Waals surface area (Å²) in [7, 11) is 0. The van der Waals surface area contributed by atoms with E-state index in [2.05, 4.69) is 15.4 Å². The maximum Gasteiger partial charge on any atom is 0.333 e. The fraction of sp³-hybridized carbons (Fsp3) is 0.429. The molecule has 0 amide bonds. The first-order valence-corrected chi connectivity index (χ1v) is 6.82. The molecule has 1 atom stereocenters. The van der Waals surface area contributed by atoms with Gasteiger partial charge >= 0.3 is 5.69 Å². The van der Waals surface area contributed by atoms with E-state index >= 15 is 0 Å². The number of anilines is 1. The summed E-state index contributed by atoms with van der Waals surface area (Å²) < 4.78 is 1.65. The minimum Gasteiger partial charge on any atom is -0.356 e. The van der Waals surface area contributed by atoms with Crippen molar-refractivity contribution < 1.29 is 4.92 Å². The zero-order valence-corrected chi connectivity index (χ0v) is 12.6. The monoisotopic (exact) mass is 289 g/mol. The van der Waals surface area contributed by atoms with E-state index in [9.17, 15) is 10.1 Å². The summed E-state index contributed by atoms with van der Waals surface area (Å²) in [4.78, 5) is 15.2. The number of aryl methyl sites for hydroxylation is 1. The van der Waals surface area contributed by atoms with Crippen LogP contribution >= 0.6 is 0 Å². The van der Waals surface area contributed by atoms with Gasteiger partial charge in [0.15, 0.2) is 0 Å². The van der Waals surface area contributed by atoms with Crippen LogP contribution in [-0.2, 0) is 0 Å². The quantitative estimate of drug-likeness (QED) is 0.674. The molecule has 0 spiro atoms. The van der Waals surface area contributed by atoms with Crippen LogP contribution in [0.3, 0.4) is 0 Å². The summed E-state index contributed by atoms with van der Waals surface area (Å²) in [5, 5.41) is 18.7. The van der Waals surface area contributed by atoms with Crippen molar-refractivity contribution in [1.82, 2.24) is 14.8 Å². The van der Waals surface area contributed by atoms with Crippen molar-refractivity contribution in [3.05, 3.63) is 45.9 Å². The molecular formula is C14H19N5O2. The molecule has 0 aliphatic heterocycles. The lowest BCUT2D eigenvalue weighted by Gasteiger charge is -2.17. The highest BCUT2D eigenvalue weighted by Gasteiger charge is 2.27. The van der Waals surface area contributed by atoms with Crippen molar-refractivity contribution in [2.45, 2.75) is 39.8 Å². The van der Waals surface area contributed by atoms with E-state index in [0.717, 1.165) is 5.69 Å². The summed E-state index contributed by atoms with van der Waals surface area (Å²) in [6.07, 6.45) is 1.70. The van der Waals surface area contributed by atoms with Crippen LogP contribution in [0.2, 0.25) is 0 Å². The van der Waals surface area contributed by atoms with E-state index < -0.39 is 4.92 Å². The average Bonchev–Trinajstić information content (AvgIpc) is 2.76. The Morgan fingerprint density at radius 1 is 1.33 bits per heavy atom. The van der Waals surface area contributed by atoms with Crippen LogP contribution in [0.15, 0.2) is 24.4 Å². The molecule has 1 N–H and O–H groups in total. The molecule has 7 nitrogen and oxygen atoms in total. The van der Waals surface area contributed by atoms with E-state index in [4.69, 9.17) is 0 Å². The molecule has 0 radical (unpaired) electrons. The topological polar surface area (TPSA) is 85.9 Å². The Morgan fingerprint density at radius 2 is 2.05 bits per heavy atom. The molecule has 2 aromatic rings. The summed E-state index contributed by atoms with van der Waals surface area (Å²) in [6, 6.07) is 5.47. The van der Waals surface area contributed by atoms with Crippen molar-refractivity contribution >= 4 is 11.5 Å². The maximum atomic E-state index is 11.3. The summed E-state index contributed by atoms with van der Waals surface area (Å²) in [5.74, 6) is 0.422.